The summed E-state index contributed by atoms with van der Waals surface area (Å²) in [6, 6.07) is 6.05. The molecule has 0 aliphatic carbocycles. The second kappa shape index (κ2) is 7.28. The molecule has 1 aromatic heterocycles. The number of thiazole rings is 1. The number of hydrogen-bond acceptors (Lipinski definition) is 4. The lowest BCUT2D eigenvalue weighted by molar-refractivity contribution is -0.121. The van der Waals surface area contributed by atoms with Gasteiger partial charge in [-0.25, -0.2) is 9.37 Å². The van der Waals surface area contributed by atoms with E-state index in [0.717, 1.165) is 10.6 Å². The zero-order valence-electron chi connectivity index (χ0n) is 11.7. The van der Waals surface area contributed by atoms with Crippen molar-refractivity contribution in [3.63, 3.8) is 0 Å². The number of hydrogen-bond donors (Lipinski definition) is 2. The molecule has 0 aliphatic heterocycles. The van der Waals surface area contributed by atoms with Crippen molar-refractivity contribution in [2.45, 2.75) is 25.8 Å². The van der Waals surface area contributed by atoms with Crippen molar-refractivity contribution < 1.29 is 14.3 Å². The molecule has 1 amide bonds. The standard InChI is InChI=1S/C15H17FN2O2S/c1-10(8-19)17-14(20)7-13-9-21-15(18-13)6-11-2-4-12(16)5-3-11/h2-5,9-10,19H,6-8H2,1H3,(H,17,20). The minimum atomic E-state index is -0.256. The molecule has 0 aliphatic rings. The lowest BCUT2D eigenvalue weighted by Crippen LogP contribution is -2.36. The van der Waals surface area contributed by atoms with Crippen molar-refractivity contribution in [3.8, 4) is 0 Å². The summed E-state index contributed by atoms with van der Waals surface area (Å²) in [6.07, 6.45) is 0.823. The van der Waals surface area contributed by atoms with Crippen LogP contribution >= 0.6 is 11.3 Å². The molecular weight excluding hydrogens is 291 g/mol. The summed E-state index contributed by atoms with van der Waals surface area (Å²) in [5, 5.41) is 14.3. The topological polar surface area (TPSA) is 62.2 Å². The lowest BCUT2D eigenvalue weighted by atomic mass is 10.1. The van der Waals surface area contributed by atoms with Gasteiger partial charge in [-0.1, -0.05) is 12.1 Å². The first-order valence-corrected chi connectivity index (χ1v) is 7.52. The van der Waals surface area contributed by atoms with Crippen molar-refractivity contribution in [2.75, 3.05) is 6.61 Å². The third-order valence-corrected chi connectivity index (χ3v) is 3.79. The van der Waals surface area contributed by atoms with Gasteiger partial charge in [0.2, 0.25) is 5.91 Å². The van der Waals surface area contributed by atoms with Crippen LogP contribution in [0.2, 0.25) is 0 Å². The predicted molar refractivity (Wildman–Crippen MR) is 79.7 cm³/mol. The highest BCUT2D eigenvalue weighted by atomic mass is 32.1. The molecule has 6 heteroatoms. The van der Waals surface area contributed by atoms with Crippen LogP contribution in [0.4, 0.5) is 4.39 Å². The van der Waals surface area contributed by atoms with Gasteiger partial charge in [0, 0.05) is 17.8 Å². The largest absolute Gasteiger partial charge is 0.394 e. The number of halogens is 1. The Balaban J connectivity index is 1.92. The van der Waals surface area contributed by atoms with Crippen LogP contribution in [-0.4, -0.2) is 28.6 Å². The summed E-state index contributed by atoms with van der Waals surface area (Å²) < 4.78 is 12.8. The number of benzene rings is 1. The molecule has 0 saturated heterocycles. The molecule has 0 saturated carbocycles. The van der Waals surface area contributed by atoms with Crippen LogP contribution in [-0.2, 0) is 17.6 Å². The fourth-order valence-electron chi connectivity index (χ4n) is 1.82. The molecule has 4 nitrogen and oxygen atoms in total. The van der Waals surface area contributed by atoms with Gasteiger partial charge < -0.3 is 10.4 Å². The second-order valence-corrected chi connectivity index (χ2v) is 5.81. The maximum absolute atomic E-state index is 12.8. The van der Waals surface area contributed by atoms with Crippen LogP contribution in [0.3, 0.4) is 0 Å². The van der Waals surface area contributed by atoms with Gasteiger partial charge in [-0.15, -0.1) is 11.3 Å². The molecule has 0 radical (unpaired) electrons. The van der Waals surface area contributed by atoms with Crippen LogP contribution < -0.4 is 5.32 Å². The fraction of sp³-hybridized carbons (Fsp3) is 0.333. The quantitative estimate of drug-likeness (QED) is 0.857. The first-order chi connectivity index (χ1) is 10.1. The van der Waals surface area contributed by atoms with Crippen molar-refractivity contribution in [1.29, 1.82) is 0 Å². The van der Waals surface area contributed by atoms with Crippen molar-refractivity contribution >= 4 is 17.2 Å². The first-order valence-electron chi connectivity index (χ1n) is 6.64. The minimum Gasteiger partial charge on any atom is -0.394 e. The van der Waals surface area contributed by atoms with Crippen LogP contribution in [0.1, 0.15) is 23.2 Å². The Morgan fingerprint density at radius 1 is 1.43 bits per heavy atom. The number of aliphatic hydroxyl groups is 1. The molecule has 1 aromatic carbocycles. The van der Waals surface area contributed by atoms with Gasteiger partial charge in [0.1, 0.15) is 5.82 Å². The van der Waals surface area contributed by atoms with Gasteiger partial charge in [0.25, 0.3) is 0 Å². The van der Waals surface area contributed by atoms with E-state index in [-0.39, 0.29) is 30.8 Å². The zero-order valence-corrected chi connectivity index (χ0v) is 12.5. The Morgan fingerprint density at radius 2 is 2.14 bits per heavy atom. The van der Waals surface area contributed by atoms with E-state index in [1.165, 1.54) is 23.5 Å². The average molecular weight is 308 g/mol. The molecule has 0 bridgehead atoms. The monoisotopic (exact) mass is 308 g/mol. The smallest absolute Gasteiger partial charge is 0.226 e. The zero-order chi connectivity index (χ0) is 15.2. The van der Waals surface area contributed by atoms with Gasteiger partial charge >= 0.3 is 0 Å². The molecule has 1 heterocycles. The molecule has 1 unspecified atom stereocenters. The molecule has 112 valence electrons. The Labute approximate surface area is 126 Å². The highest BCUT2D eigenvalue weighted by Crippen LogP contribution is 2.15. The number of carbonyl (C=O) groups excluding carboxylic acids is 1. The molecule has 21 heavy (non-hydrogen) atoms. The summed E-state index contributed by atoms with van der Waals surface area (Å²) in [7, 11) is 0. The Morgan fingerprint density at radius 3 is 2.81 bits per heavy atom. The molecule has 2 N–H and O–H groups in total. The van der Waals surface area contributed by atoms with Gasteiger partial charge in [-0.2, -0.15) is 0 Å². The Bertz CT molecular complexity index is 598. The van der Waals surface area contributed by atoms with E-state index in [1.807, 2.05) is 5.38 Å². The molecule has 1 atom stereocenters. The van der Waals surface area contributed by atoms with Crippen molar-refractivity contribution in [2.24, 2.45) is 0 Å². The average Bonchev–Trinajstić information content (AvgIpc) is 2.88. The van der Waals surface area contributed by atoms with Gasteiger partial charge in [-0.05, 0) is 24.6 Å². The van der Waals surface area contributed by atoms with Gasteiger partial charge in [0.15, 0.2) is 0 Å². The minimum absolute atomic E-state index is 0.0847. The predicted octanol–water partition coefficient (Wildman–Crippen LogP) is 1.91. The van der Waals surface area contributed by atoms with E-state index in [4.69, 9.17) is 5.11 Å². The van der Waals surface area contributed by atoms with Crippen molar-refractivity contribution in [3.05, 3.63) is 51.7 Å². The van der Waals surface area contributed by atoms with Crippen LogP contribution in [0.5, 0.6) is 0 Å². The van der Waals surface area contributed by atoms with Crippen LogP contribution in [0.25, 0.3) is 0 Å². The highest BCUT2D eigenvalue weighted by molar-refractivity contribution is 7.09. The molecule has 0 fully saturated rings. The Hall–Kier alpha value is -1.79. The number of carbonyl (C=O) groups is 1. The van der Waals surface area contributed by atoms with Crippen molar-refractivity contribution in [1.82, 2.24) is 10.3 Å². The second-order valence-electron chi connectivity index (χ2n) is 4.86. The van der Waals surface area contributed by atoms with Gasteiger partial charge in [-0.3, -0.25) is 4.79 Å². The van der Waals surface area contributed by atoms with E-state index in [9.17, 15) is 9.18 Å². The SMILES string of the molecule is CC(CO)NC(=O)Cc1csc(Cc2ccc(F)cc2)n1. The number of aromatic nitrogens is 1. The van der Waals surface area contributed by atoms with E-state index < -0.39 is 0 Å². The molecule has 0 spiro atoms. The number of rotatable bonds is 6. The third-order valence-electron chi connectivity index (χ3n) is 2.89. The maximum Gasteiger partial charge on any atom is 0.226 e. The number of nitrogens with one attached hydrogen (secondary N) is 1. The summed E-state index contributed by atoms with van der Waals surface area (Å²) in [6.45, 7) is 1.65. The van der Waals surface area contributed by atoms with Gasteiger partial charge in [0.05, 0.1) is 23.7 Å². The summed E-state index contributed by atoms with van der Waals surface area (Å²) in [5.74, 6) is -0.413. The fourth-order valence-corrected chi connectivity index (χ4v) is 2.65. The van der Waals surface area contributed by atoms with E-state index in [0.29, 0.717) is 12.1 Å². The maximum atomic E-state index is 12.8. The summed E-state index contributed by atoms with van der Waals surface area (Å²) >= 11 is 1.48. The third kappa shape index (κ3) is 4.91. The van der Waals surface area contributed by atoms with E-state index in [1.54, 1.807) is 19.1 Å². The van der Waals surface area contributed by atoms with E-state index >= 15 is 0 Å². The number of amides is 1. The highest BCUT2D eigenvalue weighted by Gasteiger charge is 2.10. The Kier molecular flexibility index (Phi) is 5.41. The van der Waals surface area contributed by atoms with E-state index in [2.05, 4.69) is 10.3 Å². The summed E-state index contributed by atoms with van der Waals surface area (Å²) in [4.78, 5) is 16.1. The van der Waals surface area contributed by atoms with Crippen LogP contribution in [0, 0.1) is 5.82 Å². The summed E-state index contributed by atoms with van der Waals surface area (Å²) in [5.41, 5.74) is 1.69. The number of nitrogens with zero attached hydrogens (tertiary/aromatic N) is 1. The van der Waals surface area contributed by atoms with Crippen LogP contribution in [0.15, 0.2) is 29.6 Å². The number of aliphatic hydroxyl groups excluding tert-OH is 1. The molecule has 2 aromatic rings. The first kappa shape index (κ1) is 15.6. The molecular formula is C15H17FN2O2S. The molecule has 2 rings (SSSR count). The normalized spacial score (nSPS) is 12.1. The lowest BCUT2D eigenvalue weighted by Gasteiger charge is -2.09.